The first-order valence-corrected chi connectivity index (χ1v) is 10.1. The van der Waals surface area contributed by atoms with E-state index in [-0.39, 0.29) is 5.91 Å². The molecule has 0 aromatic heterocycles. The molecule has 7 heteroatoms. The Balaban J connectivity index is 1.64. The minimum atomic E-state index is -0.149. The molecule has 2 N–H and O–H groups in total. The summed E-state index contributed by atoms with van der Waals surface area (Å²) in [5.74, 6) is 1.77. The SMILES string of the molecule is COc1cc(NCc2ccc(OCc3ccc(Cl)cc3)c(OC)c2)ccc1NC(C)=O. The fourth-order valence-corrected chi connectivity index (χ4v) is 3.11. The van der Waals surface area contributed by atoms with Crippen LogP contribution in [0.3, 0.4) is 0 Å². The number of benzene rings is 3. The smallest absolute Gasteiger partial charge is 0.221 e. The topological polar surface area (TPSA) is 68.8 Å². The lowest BCUT2D eigenvalue weighted by Crippen LogP contribution is -2.07. The van der Waals surface area contributed by atoms with Crippen molar-refractivity contribution in [2.24, 2.45) is 0 Å². The Morgan fingerprint density at radius 1 is 0.871 bits per heavy atom. The molecule has 0 saturated heterocycles. The zero-order valence-corrected chi connectivity index (χ0v) is 18.5. The Bertz CT molecular complexity index is 1040. The maximum atomic E-state index is 11.3. The summed E-state index contributed by atoms with van der Waals surface area (Å²) in [5.41, 5.74) is 3.55. The normalized spacial score (nSPS) is 10.3. The second-order valence-electron chi connectivity index (χ2n) is 6.85. The van der Waals surface area contributed by atoms with Crippen LogP contribution in [0.2, 0.25) is 5.02 Å². The monoisotopic (exact) mass is 440 g/mol. The summed E-state index contributed by atoms with van der Waals surface area (Å²) in [6.45, 7) is 2.46. The zero-order valence-electron chi connectivity index (χ0n) is 17.7. The molecular formula is C24H25ClN2O4. The van der Waals surface area contributed by atoms with Gasteiger partial charge in [-0.3, -0.25) is 4.79 Å². The molecule has 0 unspecified atom stereocenters. The number of hydrogen-bond donors (Lipinski definition) is 2. The third-order valence-corrected chi connectivity index (χ3v) is 4.80. The molecule has 31 heavy (non-hydrogen) atoms. The lowest BCUT2D eigenvalue weighted by atomic mass is 10.2. The van der Waals surface area contributed by atoms with Crippen molar-refractivity contribution in [2.45, 2.75) is 20.1 Å². The van der Waals surface area contributed by atoms with E-state index in [1.807, 2.05) is 54.6 Å². The zero-order chi connectivity index (χ0) is 22.2. The van der Waals surface area contributed by atoms with E-state index in [1.165, 1.54) is 6.92 Å². The number of amides is 1. The molecule has 0 bridgehead atoms. The Kier molecular flexibility index (Phi) is 7.62. The van der Waals surface area contributed by atoms with Gasteiger partial charge in [-0.05, 0) is 47.5 Å². The highest BCUT2D eigenvalue weighted by Crippen LogP contribution is 2.31. The van der Waals surface area contributed by atoms with Gasteiger partial charge in [-0.1, -0.05) is 29.8 Å². The van der Waals surface area contributed by atoms with E-state index in [4.69, 9.17) is 25.8 Å². The fourth-order valence-electron chi connectivity index (χ4n) is 2.98. The molecule has 3 aromatic rings. The molecule has 0 saturated carbocycles. The maximum absolute atomic E-state index is 11.3. The van der Waals surface area contributed by atoms with Crippen LogP contribution in [0.4, 0.5) is 11.4 Å². The third-order valence-electron chi connectivity index (χ3n) is 4.54. The minimum absolute atomic E-state index is 0.149. The standard InChI is InChI=1S/C24H25ClN2O4/c1-16(28)27-21-10-9-20(13-23(21)29-2)26-14-18-6-11-22(24(12-18)30-3)31-15-17-4-7-19(25)8-5-17/h4-13,26H,14-15H2,1-3H3,(H,27,28). The van der Waals surface area contributed by atoms with Crippen LogP contribution in [0.5, 0.6) is 17.2 Å². The largest absolute Gasteiger partial charge is 0.494 e. The molecule has 3 rings (SSSR count). The second kappa shape index (κ2) is 10.6. The molecule has 162 valence electrons. The molecular weight excluding hydrogens is 416 g/mol. The first kappa shape index (κ1) is 22.3. The van der Waals surface area contributed by atoms with Gasteiger partial charge in [0.1, 0.15) is 12.4 Å². The molecule has 6 nitrogen and oxygen atoms in total. The number of ether oxygens (including phenoxy) is 3. The molecule has 0 fully saturated rings. The van der Waals surface area contributed by atoms with Crippen LogP contribution in [0.25, 0.3) is 0 Å². The van der Waals surface area contributed by atoms with E-state index in [2.05, 4.69) is 10.6 Å². The summed E-state index contributed by atoms with van der Waals surface area (Å²) in [4.78, 5) is 11.3. The highest BCUT2D eigenvalue weighted by atomic mass is 35.5. The Hall–Kier alpha value is -3.38. The summed E-state index contributed by atoms with van der Waals surface area (Å²) in [6.07, 6.45) is 0. The number of hydrogen-bond acceptors (Lipinski definition) is 5. The molecule has 3 aromatic carbocycles. The molecule has 0 radical (unpaired) electrons. The Morgan fingerprint density at radius 2 is 1.58 bits per heavy atom. The van der Waals surface area contributed by atoms with Crippen molar-refractivity contribution in [1.82, 2.24) is 0 Å². The Morgan fingerprint density at radius 3 is 2.26 bits per heavy atom. The van der Waals surface area contributed by atoms with Crippen LogP contribution in [-0.2, 0) is 17.9 Å². The summed E-state index contributed by atoms with van der Waals surface area (Å²) in [5, 5.41) is 6.79. The van der Waals surface area contributed by atoms with Crippen molar-refractivity contribution >= 4 is 28.9 Å². The molecule has 0 spiro atoms. The van der Waals surface area contributed by atoms with Crippen molar-refractivity contribution in [1.29, 1.82) is 0 Å². The number of carbonyl (C=O) groups excluding carboxylic acids is 1. The van der Waals surface area contributed by atoms with Crippen molar-refractivity contribution < 1.29 is 19.0 Å². The van der Waals surface area contributed by atoms with Gasteiger partial charge in [0.2, 0.25) is 5.91 Å². The number of rotatable bonds is 9. The first-order valence-electron chi connectivity index (χ1n) is 9.72. The quantitative estimate of drug-likeness (QED) is 0.459. The van der Waals surface area contributed by atoms with Gasteiger partial charge in [0.25, 0.3) is 0 Å². The number of anilines is 2. The van der Waals surface area contributed by atoms with Crippen LogP contribution in [0.15, 0.2) is 60.7 Å². The molecule has 0 aliphatic carbocycles. The van der Waals surface area contributed by atoms with E-state index in [0.29, 0.717) is 41.1 Å². The van der Waals surface area contributed by atoms with Gasteiger partial charge in [-0.2, -0.15) is 0 Å². The average molecular weight is 441 g/mol. The minimum Gasteiger partial charge on any atom is -0.494 e. The van der Waals surface area contributed by atoms with Crippen molar-refractivity contribution in [2.75, 3.05) is 24.9 Å². The number of carbonyl (C=O) groups is 1. The summed E-state index contributed by atoms with van der Waals surface area (Å²) < 4.78 is 16.8. The lowest BCUT2D eigenvalue weighted by Gasteiger charge is -2.14. The fraction of sp³-hybridized carbons (Fsp3) is 0.208. The summed E-state index contributed by atoms with van der Waals surface area (Å²) in [6, 6.07) is 18.9. The van der Waals surface area contributed by atoms with E-state index >= 15 is 0 Å². The van der Waals surface area contributed by atoms with Gasteiger partial charge in [-0.15, -0.1) is 0 Å². The predicted molar refractivity (Wildman–Crippen MR) is 123 cm³/mol. The average Bonchev–Trinajstić information content (AvgIpc) is 2.77. The maximum Gasteiger partial charge on any atom is 0.221 e. The van der Waals surface area contributed by atoms with Crippen molar-refractivity contribution in [3.63, 3.8) is 0 Å². The van der Waals surface area contributed by atoms with Crippen molar-refractivity contribution in [3.8, 4) is 17.2 Å². The highest BCUT2D eigenvalue weighted by molar-refractivity contribution is 6.30. The van der Waals surface area contributed by atoms with Gasteiger partial charge in [0.05, 0.1) is 19.9 Å². The lowest BCUT2D eigenvalue weighted by molar-refractivity contribution is -0.114. The Labute approximate surface area is 187 Å². The van der Waals surface area contributed by atoms with Gasteiger partial charge >= 0.3 is 0 Å². The van der Waals surface area contributed by atoms with Crippen LogP contribution in [0, 0.1) is 0 Å². The van der Waals surface area contributed by atoms with Crippen LogP contribution in [0.1, 0.15) is 18.1 Å². The number of methoxy groups -OCH3 is 2. The molecule has 0 heterocycles. The van der Waals surface area contributed by atoms with Crippen LogP contribution >= 0.6 is 11.6 Å². The highest BCUT2D eigenvalue weighted by Gasteiger charge is 2.09. The molecule has 0 aliphatic heterocycles. The first-order chi connectivity index (χ1) is 15.0. The van der Waals surface area contributed by atoms with Crippen LogP contribution in [-0.4, -0.2) is 20.1 Å². The van der Waals surface area contributed by atoms with E-state index in [1.54, 1.807) is 20.3 Å². The van der Waals surface area contributed by atoms with E-state index < -0.39 is 0 Å². The summed E-state index contributed by atoms with van der Waals surface area (Å²) >= 11 is 5.92. The van der Waals surface area contributed by atoms with Gasteiger partial charge in [-0.25, -0.2) is 0 Å². The van der Waals surface area contributed by atoms with E-state index in [9.17, 15) is 4.79 Å². The van der Waals surface area contributed by atoms with Crippen LogP contribution < -0.4 is 24.8 Å². The molecule has 0 atom stereocenters. The van der Waals surface area contributed by atoms with Crippen molar-refractivity contribution in [3.05, 3.63) is 76.8 Å². The third kappa shape index (κ3) is 6.30. The van der Waals surface area contributed by atoms with Gasteiger partial charge in [0.15, 0.2) is 11.5 Å². The molecule has 0 aliphatic rings. The predicted octanol–water partition coefficient (Wildman–Crippen LogP) is 5.51. The number of halogens is 1. The second-order valence-corrected chi connectivity index (χ2v) is 7.29. The van der Waals surface area contributed by atoms with Gasteiger partial charge in [0, 0.05) is 30.2 Å². The number of nitrogens with one attached hydrogen (secondary N) is 2. The van der Waals surface area contributed by atoms with E-state index in [0.717, 1.165) is 16.8 Å². The molecule has 1 amide bonds. The summed E-state index contributed by atoms with van der Waals surface area (Å²) in [7, 11) is 3.19. The van der Waals surface area contributed by atoms with Gasteiger partial charge < -0.3 is 24.8 Å².